The predicted molar refractivity (Wildman–Crippen MR) is 599 cm³/mol. The molecule has 13 nitrogen and oxygen atoms in total. The van der Waals surface area contributed by atoms with Gasteiger partial charge in [-0.15, -0.1) is 0 Å². The van der Waals surface area contributed by atoms with Gasteiger partial charge in [0.1, 0.15) is 16.6 Å². The van der Waals surface area contributed by atoms with Gasteiger partial charge in [-0.05, 0) is 176 Å². The topological polar surface area (TPSA) is 112 Å². The van der Waals surface area contributed by atoms with Crippen LogP contribution in [0, 0.1) is 0 Å². The summed E-state index contributed by atoms with van der Waals surface area (Å²) in [5.41, 5.74) is 35.0. The van der Waals surface area contributed by atoms with Crippen molar-refractivity contribution in [3.8, 4) is 108 Å². The molecule has 0 aliphatic heterocycles. The first-order chi connectivity index (χ1) is 72.0. The second-order valence-corrected chi connectivity index (χ2v) is 36.7. The van der Waals surface area contributed by atoms with Crippen LogP contribution in [0.3, 0.4) is 0 Å². The Balaban J connectivity index is 0.000000107. The number of aromatic nitrogens is 13. The third kappa shape index (κ3) is 13.9. The van der Waals surface area contributed by atoms with Crippen molar-refractivity contribution < 1.29 is 0 Å². The smallest absolute Gasteiger partial charge is 0.160 e. The number of benzene rings is 20. The van der Waals surface area contributed by atoms with Gasteiger partial charge in [0.05, 0.1) is 94.3 Å². The predicted octanol–water partition coefficient (Wildman–Crippen LogP) is 33.1. The minimum atomic E-state index is 0.693. The molecule has 30 aromatic rings. The Bertz CT molecular complexity index is 10200. The Hall–Kier alpha value is -19.8. The SMILES string of the molecule is c1ccc(-c2nc(-c3ccc(-n4c5ccccc5c5ccccc54)cc3)nc3c4ccccc4n(-c4ccccc4)c23)cc1.c1ccc(-c2nc(-c3cccc(-n4c5ccccc5c5ccccc54)c3)nc3c4ccccc4n(-c4ccccc4)c23)cc1.c1ccc(-n2c3ccccc3c3cc(-c4nc(-c5ccc(-n6c7ccccc7c7ccccc76)cc5)c5c(n4)c4ccccc4n5-c4ccccc4)ccc32)cc1. The molecule has 13 heteroatoms. The summed E-state index contributed by atoms with van der Waals surface area (Å²) < 4.78 is 16.3. The fourth-order valence-electron chi connectivity index (χ4n) is 22.1. The normalized spacial score (nSPS) is 11.7. The van der Waals surface area contributed by atoms with Crippen molar-refractivity contribution in [2.75, 3.05) is 0 Å². The molecule has 678 valence electrons. The molecular weight excluding hydrogens is 1770 g/mol. The van der Waals surface area contributed by atoms with Crippen LogP contribution in [0.25, 0.3) is 261 Å². The summed E-state index contributed by atoms with van der Waals surface area (Å²) in [6, 6.07) is 182. The van der Waals surface area contributed by atoms with Crippen LogP contribution in [-0.2, 0) is 0 Å². The van der Waals surface area contributed by atoms with Crippen LogP contribution in [0.15, 0.2) is 516 Å². The summed E-state index contributed by atoms with van der Waals surface area (Å²) in [6.07, 6.45) is 0. The van der Waals surface area contributed by atoms with E-state index in [1.54, 1.807) is 0 Å². The molecular formula is C132H85N13. The van der Waals surface area contributed by atoms with Crippen molar-refractivity contribution in [2.45, 2.75) is 0 Å². The molecule has 0 atom stereocenters. The van der Waals surface area contributed by atoms with Gasteiger partial charge in [0, 0.05) is 132 Å². The van der Waals surface area contributed by atoms with E-state index in [0.717, 1.165) is 162 Å². The van der Waals surface area contributed by atoms with E-state index in [1.807, 2.05) is 24.3 Å². The fraction of sp³-hybridized carbons (Fsp3) is 0. The second-order valence-electron chi connectivity index (χ2n) is 36.7. The molecule has 0 aliphatic rings. The minimum Gasteiger partial charge on any atom is -0.309 e. The average Bonchev–Trinajstić information content (AvgIpc) is 1.57. The zero-order valence-electron chi connectivity index (χ0n) is 78.4. The van der Waals surface area contributed by atoms with Crippen molar-refractivity contribution in [3.05, 3.63) is 516 Å². The molecule has 20 aromatic carbocycles. The van der Waals surface area contributed by atoms with Gasteiger partial charge < -0.3 is 32.0 Å². The monoisotopic (exact) mass is 1850 g/mol. The maximum absolute atomic E-state index is 5.52. The first-order valence-electron chi connectivity index (χ1n) is 49.1. The minimum absolute atomic E-state index is 0.693. The Kier molecular flexibility index (Phi) is 20.0. The molecule has 0 fully saturated rings. The number of hydrogen-bond acceptors (Lipinski definition) is 6. The van der Waals surface area contributed by atoms with Crippen LogP contribution in [0.4, 0.5) is 0 Å². The third-order valence-corrected chi connectivity index (χ3v) is 28.5. The van der Waals surface area contributed by atoms with Crippen LogP contribution in [0.1, 0.15) is 0 Å². The maximum Gasteiger partial charge on any atom is 0.160 e. The van der Waals surface area contributed by atoms with E-state index < -0.39 is 0 Å². The maximum atomic E-state index is 5.52. The van der Waals surface area contributed by atoms with Crippen LogP contribution in [-0.4, -0.2) is 61.9 Å². The molecule has 0 aliphatic carbocycles. The first kappa shape index (κ1) is 83.4. The Labute approximate surface area is 832 Å². The zero-order valence-corrected chi connectivity index (χ0v) is 78.4. The zero-order chi connectivity index (χ0) is 95.5. The highest BCUT2D eigenvalue weighted by molar-refractivity contribution is 6.18. The molecule has 30 rings (SSSR count). The van der Waals surface area contributed by atoms with E-state index in [9.17, 15) is 0 Å². The first-order valence-corrected chi connectivity index (χ1v) is 49.1. The van der Waals surface area contributed by atoms with Crippen LogP contribution in [0.2, 0.25) is 0 Å². The fourth-order valence-corrected chi connectivity index (χ4v) is 22.1. The van der Waals surface area contributed by atoms with Gasteiger partial charge >= 0.3 is 0 Å². The third-order valence-electron chi connectivity index (χ3n) is 28.5. The lowest BCUT2D eigenvalue weighted by molar-refractivity contribution is 1.14. The van der Waals surface area contributed by atoms with Gasteiger partial charge in [0.15, 0.2) is 17.5 Å². The molecule has 0 unspecified atom stereocenters. The van der Waals surface area contributed by atoms with Gasteiger partial charge in [-0.25, -0.2) is 29.9 Å². The van der Waals surface area contributed by atoms with Crippen molar-refractivity contribution in [1.29, 1.82) is 0 Å². The molecule has 10 heterocycles. The number of rotatable bonds is 13. The van der Waals surface area contributed by atoms with Crippen molar-refractivity contribution in [3.63, 3.8) is 0 Å². The highest BCUT2D eigenvalue weighted by Gasteiger charge is 2.28. The summed E-state index contributed by atoms with van der Waals surface area (Å²) >= 11 is 0. The lowest BCUT2D eigenvalue weighted by atomic mass is 10.1. The van der Waals surface area contributed by atoms with E-state index >= 15 is 0 Å². The van der Waals surface area contributed by atoms with Gasteiger partial charge in [-0.2, -0.15) is 0 Å². The summed E-state index contributed by atoms with van der Waals surface area (Å²) in [5.74, 6) is 2.11. The van der Waals surface area contributed by atoms with E-state index in [0.29, 0.717) is 17.5 Å². The largest absolute Gasteiger partial charge is 0.309 e. The quantitative estimate of drug-likeness (QED) is 0.114. The number of para-hydroxylation sites is 14. The summed E-state index contributed by atoms with van der Waals surface area (Å²) in [5, 5.41) is 13.1. The molecule has 0 saturated carbocycles. The van der Waals surface area contributed by atoms with Crippen molar-refractivity contribution in [2.24, 2.45) is 0 Å². The lowest BCUT2D eigenvalue weighted by Gasteiger charge is -2.13. The van der Waals surface area contributed by atoms with Crippen LogP contribution >= 0.6 is 0 Å². The van der Waals surface area contributed by atoms with Gasteiger partial charge in [0.2, 0.25) is 0 Å². The van der Waals surface area contributed by atoms with Crippen molar-refractivity contribution >= 4 is 153 Å². The molecule has 0 saturated heterocycles. The summed E-state index contributed by atoms with van der Waals surface area (Å²) in [4.78, 5) is 32.1. The Morgan fingerprint density at radius 2 is 0.317 bits per heavy atom. The second kappa shape index (κ2) is 34.7. The molecule has 10 aromatic heterocycles. The Morgan fingerprint density at radius 3 is 0.634 bits per heavy atom. The highest BCUT2D eigenvalue weighted by atomic mass is 15.1. The summed E-state index contributed by atoms with van der Waals surface area (Å²) in [6.45, 7) is 0. The average molecular weight is 1850 g/mol. The molecule has 145 heavy (non-hydrogen) atoms. The van der Waals surface area contributed by atoms with E-state index in [4.69, 9.17) is 29.9 Å². The van der Waals surface area contributed by atoms with E-state index in [-0.39, 0.29) is 0 Å². The molecule has 0 spiro atoms. The van der Waals surface area contributed by atoms with Gasteiger partial charge in [-0.1, -0.05) is 340 Å². The number of hydrogen-bond donors (Lipinski definition) is 0. The summed E-state index contributed by atoms with van der Waals surface area (Å²) in [7, 11) is 0. The molecule has 0 N–H and O–H groups in total. The van der Waals surface area contributed by atoms with Crippen LogP contribution < -0.4 is 0 Å². The molecule has 0 radical (unpaired) electrons. The molecule has 0 amide bonds. The van der Waals surface area contributed by atoms with Crippen LogP contribution in [0.5, 0.6) is 0 Å². The number of fused-ring (bicyclic) bond motifs is 21. The standard InChI is InChI=1S/C52H33N5.2C40H26N4/c1-3-15-36(16-4-1)55-46-25-13-9-21-41(46)43-33-35(29-32-48(43)55)52-53-49(51-50(54-52)42-22-10-14-26-47(42)57(51)37-17-5-2-6-18-37)34-27-30-38(31-28-34)56-44-23-11-7-19-39(44)40-20-8-12-24-45(40)56;1-3-14-27(15-4-1)37-39-38(33-22-9-12-25-36(33)44(39)29-17-5-2-6-18-29)42-40(41-37)28-16-13-19-30(26-28)43-34-23-10-7-20-31(34)32-21-8-11-24-35(32)43;1-3-13-27(14-4-1)37-39-38(33-19-9-12-22-36(33)44(39)29-15-5-2-6-16-29)42-40(41-37)28-23-25-30(26-24-28)43-34-20-10-7-17-31(34)32-18-8-11-21-35(32)43/h1-33H;2*1-26H. The van der Waals surface area contributed by atoms with E-state index in [1.165, 1.54) is 81.7 Å². The van der Waals surface area contributed by atoms with Gasteiger partial charge in [0.25, 0.3) is 0 Å². The lowest BCUT2D eigenvalue weighted by Crippen LogP contribution is -2.00. The Morgan fingerprint density at radius 1 is 0.117 bits per heavy atom. The molecule has 0 bridgehead atoms. The van der Waals surface area contributed by atoms with Gasteiger partial charge in [-0.3, -0.25) is 0 Å². The van der Waals surface area contributed by atoms with E-state index in [2.05, 4.69) is 523 Å². The number of nitrogens with zero attached hydrogens (tertiary/aromatic N) is 13. The highest BCUT2D eigenvalue weighted by Crippen LogP contribution is 2.46. The van der Waals surface area contributed by atoms with Crippen molar-refractivity contribution in [1.82, 2.24) is 61.9 Å².